The fraction of sp³-hybridized carbons (Fsp3) is 0.269. The molecule has 0 radical (unpaired) electrons. The van der Waals surface area contributed by atoms with E-state index in [1.165, 1.54) is 4.31 Å². The van der Waals surface area contributed by atoms with Crippen molar-refractivity contribution < 1.29 is 13.2 Å². The van der Waals surface area contributed by atoms with Crippen LogP contribution in [0.5, 0.6) is 0 Å². The molecule has 3 aromatic rings. The first-order valence-electron chi connectivity index (χ1n) is 11.1. The molecule has 172 valence electrons. The largest absolute Gasteiger partial charge is 0.368 e. The van der Waals surface area contributed by atoms with E-state index >= 15 is 0 Å². The fourth-order valence-corrected chi connectivity index (χ4v) is 5.35. The highest BCUT2D eigenvalue weighted by Crippen LogP contribution is 2.20. The molecule has 0 unspecified atom stereocenters. The Hall–Kier alpha value is -3.16. The summed E-state index contributed by atoms with van der Waals surface area (Å²) in [6.45, 7) is 4.45. The minimum atomic E-state index is -3.83. The van der Waals surface area contributed by atoms with Crippen LogP contribution < -0.4 is 4.90 Å². The van der Waals surface area contributed by atoms with E-state index in [4.69, 9.17) is 0 Å². The van der Waals surface area contributed by atoms with E-state index < -0.39 is 10.0 Å². The monoisotopic (exact) mass is 463 g/mol. The maximum absolute atomic E-state index is 13.5. The minimum Gasteiger partial charge on any atom is -0.368 e. The van der Waals surface area contributed by atoms with E-state index in [2.05, 4.69) is 17.0 Å². The molecule has 0 aromatic heterocycles. The zero-order valence-corrected chi connectivity index (χ0v) is 19.6. The highest BCUT2D eigenvalue weighted by molar-refractivity contribution is 7.89. The van der Waals surface area contributed by atoms with Crippen LogP contribution in [-0.2, 0) is 21.4 Å². The molecule has 0 atom stereocenters. The summed E-state index contributed by atoms with van der Waals surface area (Å²) in [6.07, 6.45) is 0. The summed E-state index contributed by atoms with van der Waals surface area (Å²) in [5.41, 5.74) is 2.96. The van der Waals surface area contributed by atoms with Crippen LogP contribution in [0, 0.1) is 6.92 Å². The van der Waals surface area contributed by atoms with Crippen molar-refractivity contribution in [2.24, 2.45) is 0 Å². The van der Waals surface area contributed by atoms with Crippen molar-refractivity contribution >= 4 is 21.6 Å². The van der Waals surface area contributed by atoms with Gasteiger partial charge in [0.1, 0.15) is 0 Å². The summed E-state index contributed by atoms with van der Waals surface area (Å²) >= 11 is 0. The minimum absolute atomic E-state index is 0.146. The Kier molecular flexibility index (Phi) is 7.11. The SMILES string of the molecule is Cc1ccc(S(=O)(=O)N(CC(=O)N2CCN(c3ccccc3)CC2)Cc2ccccc2)cc1. The lowest BCUT2D eigenvalue weighted by Gasteiger charge is -2.37. The molecule has 0 aliphatic carbocycles. The first-order valence-corrected chi connectivity index (χ1v) is 12.6. The summed E-state index contributed by atoms with van der Waals surface area (Å²) in [5, 5.41) is 0. The first kappa shape index (κ1) is 23.0. The van der Waals surface area contributed by atoms with Gasteiger partial charge in [-0.3, -0.25) is 4.79 Å². The Morgan fingerprint density at radius 1 is 0.818 bits per heavy atom. The van der Waals surface area contributed by atoms with Crippen LogP contribution in [0.2, 0.25) is 0 Å². The first-order chi connectivity index (χ1) is 15.9. The number of aryl methyl sites for hydroxylation is 1. The Morgan fingerprint density at radius 2 is 1.39 bits per heavy atom. The van der Waals surface area contributed by atoms with Gasteiger partial charge in [0.15, 0.2) is 0 Å². The summed E-state index contributed by atoms with van der Waals surface area (Å²) in [4.78, 5) is 17.4. The normalized spacial score (nSPS) is 14.5. The second-order valence-corrected chi connectivity index (χ2v) is 10.2. The van der Waals surface area contributed by atoms with Gasteiger partial charge >= 0.3 is 0 Å². The molecule has 0 N–H and O–H groups in total. The molecule has 1 amide bonds. The summed E-state index contributed by atoms with van der Waals surface area (Å²) in [5.74, 6) is -0.172. The quantitative estimate of drug-likeness (QED) is 0.538. The Balaban J connectivity index is 1.49. The third kappa shape index (κ3) is 5.61. The molecule has 1 aliphatic heterocycles. The van der Waals surface area contributed by atoms with Gasteiger partial charge in [-0.05, 0) is 36.8 Å². The lowest BCUT2D eigenvalue weighted by molar-refractivity contribution is -0.131. The number of sulfonamides is 1. The van der Waals surface area contributed by atoms with Crippen LogP contribution in [0.1, 0.15) is 11.1 Å². The topological polar surface area (TPSA) is 60.9 Å². The number of anilines is 1. The van der Waals surface area contributed by atoms with Gasteiger partial charge in [0.05, 0.1) is 11.4 Å². The summed E-state index contributed by atoms with van der Waals surface area (Å²) in [6, 6.07) is 26.3. The van der Waals surface area contributed by atoms with Crippen LogP contribution in [0.15, 0.2) is 89.8 Å². The highest BCUT2D eigenvalue weighted by Gasteiger charge is 2.30. The number of piperazine rings is 1. The van der Waals surface area contributed by atoms with Gasteiger partial charge in [-0.15, -0.1) is 0 Å². The van der Waals surface area contributed by atoms with Gasteiger partial charge < -0.3 is 9.80 Å². The summed E-state index contributed by atoms with van der Waals surface area (Å²) in [7, 11) is -3.83. The van der Waals surface area contributed by atoms with Crippen molar-refractivity contribution in [3.05, 3.63) is 96.1 Å². The van der Waals surface area contributed by atoms with Crippen LogP contribution >= 0.6 is 0 Å². The Bertz CT molecular complexity index is 1160. The van der Waals surface area contributed by atoms with E-state index in [0.29, 0.717) is 13.1 Å². The van der Waals surface area contributed by atoms with E-state index in [1.807, 2.05) is 55.5 Å². The van der Waals surface area contributed by atoms with Crippen LogP contribution in [-0.4, -0.2) is 56.3 Å². The fourth-order valence-electron chi connectivity index (χ4n) is 3.98. The predicted molar refractivity (Wildman–Crippen MR) is 130 cm³/mol. The molecule has 1 aliphatic rings. The van der Waals surface area contributed by atoms with Crippen LogP contribution in [0.3, 0.4) is 0 Å². The zero-order chi connectivity index (χ0) is 23.3. The zero-order valence-electron chi connectivity index (χ0n) is 18.8. The average molecular weight is 464 g/mol. The number of rotatable bonds is 7. The highest BCUT2D eigenvalue weighted by atomic mass is 32.2. The molecule has 6 nitrogen and oxygen atoms in total. The lowest BCUT2D eigenvalue weighted by atomic mass is 10.2. The average Bonchev–Trinajstić information content (AvgIpc) is 2.85. The molecule has 0 bridgehead atoms. The molecule has 33 heavy (non-hydrogen) atoms. The molecule has 0 saturated carbocycles. The standard InChI is InChI=1S/C26H29N3O3S/c1-22-12-14-25(15-13-22)33(31,32)29(20-23-8-4-2-5-9-23)21-26(30)28-18-16-27(17-19-28)24-10-6-3-7-11-24/h2-15H,16-21H2,1H3. The number of para-hydroxylation sites is 1. The summed E-state index contributed by atoms with van der Waals surface area (Å²) < 4.78 is 28.2. The van der Waals surface area contributed by atoms with E-state index in [1.54, 1.807) is 29.2 Å². The lowest BCUT2D eigenvalue weighted by Crippen LogP contribution is -2.51. The second kappa shape index (κ2) is 10.2. The van der Waals surface area contributed by atoms with E-state index in [9.17, 15) is 13.2 Å². The number of hydrogen-bond acceptors (Lipinski definition) is 4. The van der Waals surface area contributed by atoms with Crippen molar-refractivity contribution in [1.29, 1.82) is 0 Å². The van der Waals surface area contributed by atoms with E-state index in [-0.39, 0.29) is 23.9 Å². The van der Waals surface area contributed by atoms with Gasteiger partial charge in [-0.2, -0.15) is 4.31 Å². The number of nitrogens with zero attached hydrogens (tertiary/aromatic N) is 3. The van der Waals surface area contributed by atoms with Gasteiger partial charge in [-0.1, -0.05) is 66.2 Å². The Labute approximate surface area is 196 Å². The van der Waals surface area contributed by atoms with Crippen LogP contribution in [0.25, 0.3) is 0 Å². The van der Waals surface area contributed by atoms with Crippen molar-refractivity contribution in [1.82, 2.24) is 9.21 Å². The molecule has 1 fully saturated rings. The Morgan fingerprint density at radius 3 is 2.00 bits per heavy atom. The number of amides is 1. The maximum Gasteiger partial charge on any atom is 0.243 e. The molecular formula is C26H29N3O3S. The van der Waals surface area contributed by atoms with Crippen molar-refractivity contribution in [3.8, 4) is 0 Å². The van der Waals surface area contributed by atoms with Crippen molar-refractivity contribution in [2.45, 2.75) is 18.4 Å². The maximum atomic E-state index is 13.5. The molecule has 4 rings (SSSR count). The number of carbonyl (C=O) groups is 1. The van der Waals surface area contributed by atoms with Crippen LogP contribution in [0.4, 0.5) is 5.69 Å². The third-order valence-electron chi connectivity index (χ3n) is 5.93. The smallest absolute Gasteiger partial charge is 0.243 e. The molecule has 1 saturated heterocycles. The van der Waals surface area contributed by atoms with Crippen molar-refractivity contribution in [2.75, 3.05) is 37.6 Å². The predicted octanol–water partition coefficient (Wildman–Crippen LogP) is 3.53. The molecule has 1 heterocycles. The van der Waals surface area contributed by atoms with Gasteiger partial charge in [0.2, 0.25) is 15.9 Å². The number of hydrogen-bond donors (Lipinski definition) is 0. The van der Waals surface area contributed by atoms with Gasteiger partial charge in [-0.25, -0.2) is 8.42 Å². The third-order valence-corrected chi connectivity index (χ3v) is 7.73. The molecule has 0 spiro atoms. The molecule has 7 heteroatoms. The van der Waals surface area contributed by atoms with Gasteiger partial charge in [0, 0.05) is 38.4 Å². The second-order valence-electron chi connectivity index (χ2n) is 8.28. The number of carbonyl (C=O) groups excluding carboxylic acids is 1. The van der Waals surface area contributed by atoms with Gasteiger partial charge in [0.25, 0.3) is 0 Å². The van der Waals surface area contributed by atoms with Crippen molar-refractivity contribution in [3.63, 3.8) is 0 Å². The van der Waals surface area contributed by atoms with E-state index in [0.717, 1.165) is 29.9 Å². The number of benzene rings is 3. The molecule has 3 aromatic carbocycles. The molecular weight excluding hydrogens is 434 g/mol.